The summed E-state index contributed by atoms with van der Waals surface area (Å²) in [4.78, 5) is 20.3. The summed E-state index contributed by atoms with van der Waals surface area (Å²) in [5, 5.41) is 2.84. The summed E-state index contributed by atoms with van der Waals surface area (Å²) in [7, 11) is 0. The molecule has 0 aliphatic heterocycles. The second-order valence-corrected chi connectivity index (χ2v) is 4.84. The molecule has 0 fully saturated rings. The van der Waals surface area contributed by atoms with E-state index < -0.39 is 0 Å². The molecule has 1 amide bonds. The van der Waals surface area contributed by atoms with E-state index in [1.54, 1.807) is 24.5 Å². The third-order valence-electron chi connectivity index (χ3n) is 3.36. The Labute approximate surface area is 127 Å². The number of aryl methyl sites for hydroxylation is 1. The highest BCUT2D eigenvalue weighted by Gasteiger charge is 2.11. The maximum atomic E-state index is 11.8. The SMILES string of the molecule is Cc1cnc(-c2ccncc2)n1CCNC(=O)c1ccco1. The van der Waals surface area contributed by atoms with Gasteiger partial charge in [0.25, 0.3) is 5.91 Å². The summed E-state index contributed by atoms with van der Waals surface area (Å²) >= 11 is 0. The topological polar surface area (TPSA) is 73.0 Å². The van der Waals surface area contributed by atoms with E-state index in [1.807, 2.05) is 25.3 Å². The fourth-order valence-corrected chi connectivity index (χ4v) is 2.25. The van der Waals surface area contributed by atoms with Gasteiger partial charge >= 0.3 is 0 Å². The van der Waals surface area contributed by atoms with Crippen LogP contribution in [0.5, 0.6) is 0 Å². The third-order valence-corrected chi connectivity index (χ3v) is 3.36. The predicted octanol–water partition coefficient (Wildman–Crippen LogP) is 2.28. The van der Waals surface area contributed by atoms with Crippen LogP contribution in [0.2, 0.25) is 0 Å². The lowest BCUT2D eigenvalue weighted by molar-refractivity contribution is 0.0924. The molecule has 0 spiro atoms. The normalized spacial score (nSPS) is 10.6. The molecule has 0 bridgehead atoms. The molecule has 0 unspecified atom stereocenters. The molecule has 0 aromatic carbocycles. The maximum absolute atomic E-state index is 11.8. The van der Waals surface area contributed by atoms with E-state index in [0.717, 1.165) is 17.1 Å². The molecular weight excluding hydrogens is 280 g/mol. The van der Waals surface area contributed by atoms with Crippen LogP contribution in [0.1, 0.15) is 16.2 Å². The molecule has 0 saturated carbocycles. The minimum absolute atomic E-state index is 0.215. The zero-order valence-electron chi connectivity index (χ0n) is 12.2. The van der Waals surface area contributed by atoms with Crippen LogP contribution in [0.25, 0.3) is 11.4 Å². The smallest absolute Gasteiger partial charge is 0.287 e. The number of rotatable bonds is 5. The van der Waals surface area contributed by atoms with E-state index in [4.69, 9.17) is 4.42 Å². The molecule has 22 heavy (non-hydrogen) atoms. The van der Waals surface area contributed by atoms with Crippen LogP contribution < -0.4 is 5.32 Å². The van der Waals surface area contributed by atoms with Gasteiger partial charge in [0.05, 0.1) is 6.26 Å². The van der Waals surface area contributed by atoms with Crippen molar-refractivity contribution in [1.82, 2.24) is 19.9 Å². The van der Waals surface area contributed by atoms with E-state index in [2.05, 4.69) is 19.9 Å². The standard InChI is InChI=1S/C16H16N4O2/c1-12-11-19-15(13-4-6-17-7-5-13)20(12)9-8-18-16(21)14-3-2-10-22-14/h2-7,10-11H,8-9H2,1H3,(H,18,21). The molecule has 1 N–H and O–H groups in total. The van der Waals surface area contributed by atoms with Crippen molar-refractivity contribution >= 4 is 5.91 Å². The van der Waals surface area contributed by atoms with E-state index in [9.17, 15) is 4.79 Å². The molecule has 0 aliphatic carbocycles. The first-order chi connectivity index (χ1) is 10.8. The monoisotopic (exact) mass is 296 g/mol. The zero-order valence-corrected chi connectivity index (χ0v) is 12.2. The molecule has 0 aliphatic rings. The molecule has 3 aromatic rings. The van der Waals surface area contributed by atoms with Gasteiger partial charge in [-0.05, 0) is 31.2 Å². The van der Waals surface area contributed by atoms with Crippen molar-refractivity contribution in [2.45, 2.75) is 13.5 Å². The molecule has 3 aromatic heterocycles. The lowest BCUT2D eigenvalue weighted by Gasteiger charge is -2.10. The van der Waals surface area contributed by atoms with Crippen LogP contribution in [-0.2, 0) is 6.54 Å². The molecule has 6 heteroatoms. The number of amides is 1. The minimum Gasteiger partial charge on any atom is -0.459 e. The van der Waals surface area contributed by atoms with Gasteiger partial charge in [-0.15, -0.1) is 0 Å². The molecule has 0 saturated heterocycles. The number of aromatic nitrogens is 3. The van der Waals surface area contributed by atoms with Crippen LogP contribution in [0, 0.1) is 6.92 Å². The highest BCUT2D eigenvalue weighted by atomic mass is 16.3. The number of carbonyl (C=O) groups is 1. The Balaban J connectivity index is 1.68. The zero-order chi connectivity index (χ0) is 15.4. The Morgan fingerprint density at radius 1 is 1.32 bits per heavy atom. The number of nitrogens with one attached hydrogen (secondary N) is 1. The predicted molar refractivity (Wildman–Crippen MR) is 81.2 cm³/mol. The number of imidazole rings is 1. The molecular formula is C16H16N4O2. The molecule has 3 heterocycles. The number of pyridine rings is 1. The molecule has 0 atom stereocenters. The quantitative estimate of drug-likeness (QED) is 0.784. The van der Waals surface area contributed by atoms with Crippen molar-refractivity contribution in [1.29, 1.82) is 0 Å². The van der Waals surface area contributed by atoms with Crippen molar-refractivity contribution in [2.75, 3.05) is 6.54 Å². The summed E-state index contributed by atoms with van der Waals surface area (Å²) in [5.41, 5.74) is 2.04. The highest BCUT2D eigenvalue weighted by Crippen LogP contribution is 2.18. The minimum atomic E-state index is -0.215. The van der Waals surface area contributed by atoms with Crippen molar-refractivity contribution in [2.24, 2.45) is 0 Å². The highest BCUT2D eigenvalue weighted by molar-refractivity contribution is 5.91. The van der Waals surface area contributed by atoms with Crippen LogP contribution in [0.15, 0.2) is 53.5 Å². The average molecular weight is 296 g/mol. The van der Waals surface area contributed by atoms with E-state index in [1.165, 1.54) is 6.26 Å². The fraction of sp³-hybridized carbons (Fsp3) is 0.188. The fourth-order valence-electron chi connectivity index (χ4n) is 2.25. The first-order valence-corrected chi connectivity index (χ1v) is 7.00. The number of hydrogen-bond donors (Lipinski definition) is 1. The molecule has 3 rings (SSSR count). The van der Waals surface area contributed by atoms with Gasteiger partial charge in [-0.3, -0.25) is 9.78 Å². The lowest BCUT2D eigenvalue weighted by Crippen LogP contribution is -2.27. The largest absolute Gasteiger partial charge is 0.459 e. The second kappa shape index (κ2) is 6.26. The number of carbonyl (C=O) groups excluding carboxylic acids is 1. The summed E-state index contributed by atoms with van der Waals surface area (Å²) in [6.07, 6.45) is 6.78. The summed E-state index contributed by atoms with van der Waals surface area (Å²) in [5.74, 6) is 0.970. The Bertz CT molecular complexity index is 748. The first-order valence-electron chi connectivity index (χ1n) is 7.00. The number of hydrogen-bond acceptors (Lipinski definition) is 4. The Morgan fingerprint density at radius 2 is 2.14 bits per heavy atom. The first kappa shape index (κ1) is 14.1. The average Bonchev–Trinajstić information content (AvgIpc) is 3.19. The van der Waals surface area contributed by atoms with Crippen molar-refractivity contribution in [3.8, 4) is 11.4 Å². The molecule has 112 valence electrons. The van der Waals surface area contributed by atoms with Gasteiger partial charge in [0, 0.05) is 42.9 Å². The number of furan rings is 1. The molecule has 0 radical (unpaired) electrons. The van der Waals surface area contributed by atoms with Gasteiger partial charge < -0.3 is 14.3 Å². The lowest BCUT2D eigenvalue weighted by atomic mass is 10.2. The summed E-state index contributed by atoms with van der Waals surface area (Å²) in [6, 6.07) is 7.16. The van der Waals surface area contributed by atoms with Crippen LogP contribution in [0.4, 0.5) is 0 Å². The Hall–Kier alpha value is -2.89. The van der Waals surface area contributed by atoms with Crippen LogP contribution in [-0.4, -0.2) is 27.0 Å². The van der Waals surface area contributed by atoms with Gasteiger partial charge in [0.2, 0.25) is 0 Å². The van der Waals surface area contributed by atoms with Gasteiger partial charge in [-0.2, -0.15) is 0 Å². The van der Waals surface area contributed by atoms with Gasteiger partial charge in [-0.25, -0.2) is 4.98 Å². The van der Waals surface area contributed by atoms with Gasteiger partial charge in [0.15, 0.2) is 5.76 Å². The van der Waals surface area contributed by atoms with Crippen LogP contribution >= 0.6 is 0 Å². The van der Waals surface area contributed by atoms with E-state index in [-0.39, 0.29) is 5.91 Å². The molecule has 6 nitrogen and oxygen atoms in total. The van der Waals surface area contributed by atoms with Crippen molar-refractivity contribution < 1.29 is 9.21 Å². The van der Waals surface area contributed by atoms with Crippen molar-refractivity contribution in [3.05, 3.63) is 60.6 Å². The van der Waals surface area contributed by atoms with Crippen LogP contribution in [0.3, 0.4) is 0 Å². The van der Waals surface area contributed by atoms with E-state index in [0.29, 0.717) is 18.8 Å². The third kappa shape index (κ3) is 2.90. The summed E-state index contributed by atoms with van der Waals surface area (Å²) < 4.78 is 7.13. The second-order valence-electron chi connectivity index (χ2n) is 4.84. The maximum Gasteiger partial charge on any atom is 0.287 e. The Morgan fingerprint density at radius 3 is 2.86 bits per heavy atom. The van der Waals surface area contributed by atoms with Gasteiger partial charge in [-0.1, -0.05) is 0 Å². The number of nitrogens with zero attached hydrogens (tertiary/aromatic N) is 3. The summed E-state index contributed by atoms with van der Waals surface area (Å²) in [6.45, 7) is 3.12. The Kier molecular flexibility index (Phi) is 4.00. The van der Waals surface area contributed by atoms with E-state index >= 15 is 0 Å². The van der Waals surface area contributed by atoms with Gasteiger partial charge in [0.1, 0.15) is 5.82 Å². The van der Waals surface area contributed by atoms with Crippen molar-refractivity contribution in [3.63, 3.8) is 0 Å².